The number of nitrogens with one attached hydrogen (secondary N) is 1. The maximum absolute atomic E-state index is 12.4. The SMILES string of the molecule is Cc1ccc(-n2c(SCC(=O)N/N=C/c3cccnc3)nnc2-c2ccc(C(C)(C)C)cc2)cc1. The number of hydrogen-bond acceptors (Lipinski definition) is 6. The molecule has 0 radical (unpaired) electrons. The smallest absolute Gasteiger partial charge is 0.250 e. The highest BCUT2D eigenvalue weighted by atomic mass is 32.2. The van der Waals surface area contributed by atoms with E-state index in [1.54, 1.807) is 18.6 Å². The number of hydrogen-bond donors (Lipinski definition) is 1. The van der Waals surface area contributed by atoms with Crippen molar-refractivity contribution in [3.8, 4) is 17.1 Å². The zero-order valence-corrected chi connectivity index (χ0v) is 21.1. The third-order valence-corrected chi connectivity index (χ3v) is 6.28. The summed E-state index contributed by atoms with van der Waals surface area (Å²) in [6.07, 6.45) is 4.91. The van der Waals surface area contributed by atoms with Crippen molar-refractivity contribution in [1.29, 1.82) is 0 Å². The monoisotopic (exact) mass is 484 g/mol. The third-order valence-electron chi connectivity index (χ3n) is 5.35. The Morgan fingerprint density at radius 3 is 2.46 bits per heavy atom. The molecule has 0 aliphatic rings. The zero-order valence-electron chi connectivity index (χ0n) is 20.3. The fourth-order valence-corrected chi connectivity index (χ4v) is 4.13. The molecule has 8 heteroatoms. The standard InChI is InChI=1S/C27H28N6OS/c1-19-7-13-23(14-8-19)33-25(21-9-11-22(12-10-21)27(2,3)4)31-32-26(33)35-18-24(34)30-29-17-20-6-5-15-28-16-20/h5-17H,18H2,1-4H3,(H,30,34)/b29-17+. The number of rotatable bonds is 7. The molecule has 0 bridgehead atoms. The topological polar surface area (TPSA) is 85.1 Å². The predicted molar refractivity (Wildman–Crippen MR) is 141 cm³/mol. The second-order valence-corrected chi connectivity index (χ2v) is 10.1. The Labute approximate surface area is 209 Å². The van der Waals surface area contributed by atoms with Crippen molar-refractivity contribution in [3.05, 3.63) is 89.7 Å². The van der Waals surface area contributed by atoms with Gasteiger partial charge in [0.15, 0.2) is 11.0 Å². The normalized spacial score (nSPS) is 11.7. The van der Waals surface area contributed by atoms with Crippen LogP contribution in [-0.2, 0) is 10.2 Å². The van der Waals surface area contributed by atoms with Gasteiger partial charge >= 0.3 is 0 Å². The molecule has 7 nitrogen and oxygen atoms in total. The molecule has 0 atom stereocenters. The summed E-state index contributed by atoms with van der Waals surface area (Å²) >= 11 is 1.31. The van der Waals surface area contributed by atoms with E-state index in [1.165, 1.54) is 17.3 Å². The highest BCUT2D eigenvalue weighted by molar-refractivity contribution is 7.99. The van der Waals surface area contributed by atoms with E-state index in [0.29, 0.717) is 5.16 Å². The summed E-state index contributed by atoms with van der Waals surface area (Å²) in [4.78, 5) is 16.4. The van der Waals surface area contributed by atoms with E-state index in [-0.39, 0.29) is 17.1 Å². The molecule has 2 aromatic carbocycles. The first-order chi connectivity index (χ1) is 16.8. The van der Waals surface area contributed by atoms with Crippen LogP contribution in [0.25, 0.3) is 17.1 Å². The van der Waals surface area contributed by atoms with E-state index in [1.807, 2.05) is 35.8 Å². The second kappa shape index (κ2) is 10.7. The van der Waals surface area contributed by atoms with Crippen LogP contribution in [0.4, 0.5) is 0 Å². The van der Waals surface area contributed by atoms with Gasteiger partial charge in [0.25, 0.3) is 5.91 Å². The van der Waals surface area contributed by atoms with Gasteiger partial charge in [0.05, 0.1) is 12.0 Å². The molecule has 1 N–H and O–H groups in total. The van der Waals surface area contributed by atoms with Gasteiger partial charge in [-0.15, -0.1) is 10.2 Å². The molecule has 0 aliphatic heterocycles. The van der Waals surface area contributed by atoms with Gasteiger partial charge in [-0.1, -0.05) is 80.6 Å². The van der Waals surface area contributed by atoms with Crippen LogP contribution in [0, 0.1) is 6.92 Å². The molecular weight excluding hydrogens is 456 g/mol. The molecule has 4 rings (SSSR count). The lowest BCUT2D eigenvalue weighted by Crippen LogP contribution is -2.20. The van der Waals surface area contributed by atoms with Gasteiger partial charge in [-0.25, -0.2) is 5.43 Å². The lowest BCUT2D eigenvalue weighted by atomic mass is 9.87. The summed E-state index contributed by atoms with van der Waals surface area (Å²) in [5, 5.41) is 13.5. The predicted octanol–water partition coefficient (Wildman–Crippen LogP) is 5.18. The van der Waals surface area contributed by atoms with Crippen LogP contribution in [-0.4, -0.2) is 37.6 Å². The van der Waals surface area contributed by atoms with Crippen LogP contribution < -0.4 is 5.43 Å². The van der Waals surface area contributed by atoms with Crippen molar-refractivity contribution < 1.29 is 4.79 Å². The van der Waals surface area contributed by atoms with E-state index < -0.39 is 0 Å². The molecule has 178 valence electrons. The quantitative estimate of drug-likeness (QED) is 0.222. The minimum absolute atomic E-state index is 0.0665. The van der Waals surface area contributed by atoms with Crippen LogP contribution >= 0.6 is 11.8 Å². The van der Waals surface area contributed by atoms with Crippen molar-refractivity contribution in [2.45, 2.75) is 38.3 Å². The Kier molecular flexibility index (Phi) is 7.41. The largest absolute Gasteiger partial charge is 0.272 e. The molecule has 2 heterocycles. The van der Waals surface area contributed by atoms with Gasteiger partial charge in [-0.2, -0.15) is 5.10 Å². The molecular formula is C27H28N6OS. The number of pyridine rings is 1. The molecule has 0 saturated carbocycles. The Bertz CT molecular complexity index is 1310. The van der Waals surface area contributed by atoms with Gasteiger partial charge in [0.2, 0.25) is 0 Å². The number of amides is 1. The Morgan fingerprint density at radius 2 is 1.80 bits per heavy atom. The summed E-state index contributed by atoms with van der Waals surface area (Å²) in [7, 11) is 0. The highest BCUT2D eigenvalue weighted by Crippen LogP contribution is 2.30. The molecule has 0 fully saturated rings. The summed E-state index contributed by atoms with van der Waals surface area (Å²) in [6, 6.07) is 20.2. The number of aromatic nitrogens is 4. The average Bonchev–Trinajstić information content (AvgIpc) is 3.27. The highest BCUT2D eigenvalue weighted by Gasteiger charge is 2.19. The van der Waals surface area contributed by atoms with Crippen LogP contribution in [0.2, 0.25) is 0 Å². The van der Waals surface area contributed by atoms with Crippen LogP contribution in [0.15, 0.2) is 83.3 Å². The molecule has 0 saturated heterocycles. The number of hydrazone groups is 1. The van der Waals surface area contributed by atoms with Gasteiger partial charge in [0, 0.05) is 29.2 Å². The number of aryl methyl sites for hydroxylation is 1. The number of carbonyl (C=O) groups is 1. The van der Waals surface area contributed by atoms with Crippen LogP contribution in [0.5, 0.6) is 0 Å². The maximum Gasteiger partial charge on any atom is 0.250 e. The van der Waals surface area contributed by atoms with Gasteiger partial charge in [-0.05, 0) is 36.1 Å². The van der Waals surface area contributed by atoms with E-state index in [9.17, 15) is 4.79 Å². The number of thioether (sulfide) groups is 1. The Hall–Kier alpha value is -3.78. The molecule has 0 aliphatic carbocycles. The summed E-state index contributed by atoms with van der Waals surface area (Å²) in [5.41, 5.74) is 7.74. The zero-order chi connectivity index (χ0) is 24.8. The second-order valence-electron chi connectivity index (χ2n) is 9.17. The number of carbonyl (C=O) groups excluding carboxylic acids is 1. The summed E-state index contributed by atoms with van der Waals surface area (Å²) in [5.74, 6) is 0.647. The first-order valence-electron chi connectivity index (χ1n) is 11.3. The molecule has 4 aromatic rings. The molecule has 2 aromatic heterocycles. The van der Waals surface area contributed by atoms with Crippen LogP contribution in [0.1, 0.15) is 37.5 Å². The molecule has 35 heavy (non-hydrogen) atoms. The Balaban J connectivity index is 1.55. The Morgan fingerprint density at radius 1 is 1.06 bits per heavy atom. The van der Waals surface area contributed by atoms with Gasteiger partial charge in [0.1, 0.15) is 0 Å². The van der Waals surface area contributed by atoms with Gasteiger partial charge < -0.3 is 0 Å². The number of nitrogens with zero attached hydrogens (tertiary/aromatic N) is 5. The average molecular weight is 485 g/mol. The van der Waals surface area contributed by atoms with Crippen molar-refractivity contribution in [3.63, 3.8) is 0 Å². The lowest BCUT2D eigenvalue weighted by Gasteiger charge is -2.19. The van der Waals surface area contributed by atoms with Crippen LogP contribution in [0.3, 0.4) is 0 Å². The van der Waals surface area contributed by atoms with E-state index >= 15 is 0 Å². The van der Waals surface area contributed by atoms with Crippen molar-refractivity contribution in [2.24, 2.45) is 5.10 Å². The summed E-state index contributed by atoms with van der Waals surface area (Å²) in [6.45, 7) is 8.63. The van der Waals surface area contributed by atoms with Crippen molar-refractivity contribution in [2.75, 3.05) is 5.75 Å². The molecule has 0 spiro atoms. The number of benzene rings is 2. The first-order valence-corrected chi connectivity index (χ1v) is 12.3. The summed E-state index contributed by atoms with van der Waals surface area (Å²) < 4.78 is 1.99. The van der Waals surface area contributed by atoms with Crippen molar-refractivity contribution >= 4 is 23.9 Å². The van der Waals surface area contributed by atoms with E-state index in [0.717, 1.165) is 28.2 Å². The molecule has 1 amide bonds. The van der Waals surface area contributed by atoms with Crippen molar-refractivity contribution in [1.82, 2.24) is 25.2 Å². The minimum atomic E-state index is -0.232. The third kappa shape index (κ3) is 6.22. The van der Waals surface area contributed by atoms with E-state index in [2.05, 4.69) is 82.9 Å². The fraction of sp³-hybridized carbons (Fsp3) is 0.222. The molecule has 0 unspecified atom stereocenters. The minimum Gasteiger partial charge on any atom is -0.272 e. The fourth-order valence-electron chi connectivity index (χ4n) is 3.39. The maximum atomic E-state index is 12.4. The van der Waals surface area contributed by atoms with E-state index in [4.69, 9.17) is 0 Å². The van der Waals surface area contributed by atoms with Gasteiger partial charge in [-0.3, -0.25) is 14.3 Å². The lowest BCUT2D eigenvalue weighted by molar-refractivity contribution is -0.118. The first kappa shape index (κ1) is 24.3.